The predicted octanol–water partition coefficient (Wildman–Crippen LogP) is 1.18. The molecule has 3 nitrogen and oxygen atoms in total. The van der Waals surface area contributed by atoms with Gasteiger partial charge < -0.3 is 5.73 Å². The predicted molar refractivity (Wildman–Crippen MR) is 36.3 cm³/mol. The first-order valence-electron chi connectivity index (χ1n) is 2.57. The zero-order valence-corrected chi connectivity index (χ0v) is 5.77. The standard InChI is InChI=1S/C5H5ClFN3/c6-4-1-3(2-7)9-5(8)10-4/h1H,2H2,(H2,8,9,10). The van der Waals surface area contributed by atoms with Crippen LogP contribution < -0.4 is 5.73 Å². The molecular formula is C5H5ClFN3. The van der Waals surface area contributed by atoms with Crippen molar-refractivity contribution in [2.75, 3.05) is 5.73 Å². The van der Waals surface area contributed by atoms with Gasteiger partial charge in [0.2, 0.25) is 5.95 Å². The lowest BCUT2D eigenvalue weighted by Gasteiger charge is -1.95. The van der Waals surface area contributed by atoms with Gasteiger partial charge in [-0.3, -0.25) is 0 Å². The SMILES string of the molecule is Nc1nc(Cl)cc(CF)n1. The minimum atomic E-state index is -0.674. The van der Waals surface area contributed by atoms with Gasteiger partial charge >= 0.3 is 0 Å². The number of nitrogens with two attached hydrogens (primary N) is 1. The van der Waals surface area contributed by atoms with E-state index in [1.807, 2.05) is 0 Å². The molecule has 0 radical (unpaired) electrons. The average Bonchev–Trinajstić information content (AvgIpc) is 1.85. The van der Waals surface area contributed by atoms with Crippen LogP contribution in [0.1, 0.15) is 5.69 Å². The fraction of sp³-hybridized carbons (Fsp3) is 0.200. The summed E-state index contributed by atoms with van der Waals surface area (Å²) in [5, 5.41) is 0.167. The van der Waals surface area contributed by atoms with Crippen molar-refractivity contribution in [3.63, 3.8) is 0 Å². The summed E-state index contributed by atoms with van der Waals surface area (Å²) < 4.78 is 11.9. The van der Waals surface area contributed by atoms with Gasteiger partial charge in [0.05, 0.1) is 5.69 Å². The fourth-order valence-electron chi connectivity index (χ4n) is 0.552. The van der Waals surface area contributed by atoms with Crippen molar-refractivity contribution in [1.82, 2.24) is 9.97 Å². The summed E-state index contributed by atoms with van der Waals surface area (Å²) in [5.74, 6) is 0.000139. The average molecular weight is 162 g/mol. The Labute approximate surface area is 62.0 Å². The summed E-state index contributed by atoms with van der Waals surface area (Å²) in [6.07, 6.45) is 0. The van der Waals surface area contributed by atoms with Crippen molar-refractivity contribution in [2.24, 2.45) is 0 Å². The van der Waals surface area contributed by atoms with Crippen molar-refractivity contribution >= 4 is 17.5 Å². The summed E-state index contributed by atoms with van der Waals surface area (Å²) in [4.78, 5) is 7.11. The number of halogens is 2. The van der Waals surface area contributed by atoms with E-state index in [9.17, 15) is 4.39 Å². The monoisotopic (exact) mass is 161 g/mol. The van der Waals surface area contributed by atoms with E-state index in [4.69, 9.17) is 17.3 Å². The van der Waals surface area contributed by atoms with Crippen LogP contribution in [0.3, 0.4) is 0 Å². The maximum absolute atomic E-state index is 11.9. The van der Waals surface area contributed by atoms with E-state index < -0.39 is 6.67 Å². The summed E-state index contributed by atoms with van der Waals surface area (Å²) >= 11 is 5.43. The third kappa shape index (κ3) is 1.54. The van der Waals surface area contributed by atoms with Crippen molar-refractivity contribution in [2.45, 2.75) is 6.67 Å². The summed E-state index contributed by atoms with van der Waals surface area (Å²) in [6, 6.07) is 1.33. The smallest absolute Gasteiger partial charge is 0.221 e. The second-order valence-corrected chi connectivity index (χ2v) is 2.06. The molecule has 5 heteroatoms. The third-order valence-electron chi connectivity index (χ3n) is 0.902. The molecule has 1 aromatic heterocycles. The van der Waals surface area contributed by atoms with Crippen LogP contribution in [-0.2, 0) is 6.67 Å². The number of rotatable bonds is 1. The number of nitrogens with zero attached hydrogens (tertiary/aromatic N) is 2. The topological polar surface area (TPSA) is 51.8 Å². The lowest BCUT2D eigenvalue weighted by atomic mass is 10.4. The van der Waals surface area contributed by atoms with Gasteiger partial charge in [-0.05, 0) is 6.07 Å². The van der Waals surface area contributed by atoms with E-state index in [0.29, 0.717) is 0 Å². The number of nitrogen functional groups attached to an aromatic ring is 1. The van der Waals surface area contributed by atoms with Crippen LogP contribution in [0.4, 0.5) is 10.3 Å². The van der Waals surface area contributed by atoms with Gasteiger partial charge in [-0.2, -0.15) is 0 Å². The maximum Gasteiger partial charge on any atom is 0.221 e. The molecule has 1 rings (SSSR count). The number of anilines is 1. The lowest BCUT2D eigenvalue weighted by molar-refractivity contribution is 0.476. The van der Waals surface area contributed by atoms with E-state index in [1.54, 1.807) is 0 Å². The first-order chi connectivity index (χ1) is 4.72. The molecular weight excluding hydrogens is 157 g/mol. The normalized spacial score (nSPS) is 9.80. The Morgan fingerprint density at radius 1 is 1.60 bits per heavy atom. The third-order valence-corrected chi connectivity index (χ3v) is 1.10. The molecule has 0 saturated heterocycles. The first-order valence-corrected chi connectivity index (χ1v) is 2.95. The summed E-state index contributed by atoms with van der Waals surface area (Å²) in [5.41, 5.74) is 5.37. The molecule has 2 N–H and O–H groups in total. The zero-order valence-electron chi connectivity index (χ0n) is 5.01. The van der Waals surface area contributed by atoms with Gasteiger partial charge in [0.25, 0.3) is 0 Å². The fourth-order valence-corrected chi connectivity index (χ4v) is 0.765. The number of hydrogen-bond donors (Lipinski definition) is 1. The highest BCUT2D eigenvalue weighted by atomic mass is 35.5. The summed E-state index contributed by atoms with van der Waals surface area (Å²) in [7, 11) is 0. The highest BCUT2D eigenvalue weighted by molar-refractivity contribution is 6.29. The van der Waals surface area contributed by atoms with Gasteiger partial charge in [-0.1, -0.05) is 11.6 Å². The second-order valence-electron chi connectivity index (χ2n) is 1.67. The minimum absolute atomic E-state index is 0.000139. The van der Waals surface area contributed by atoms with Crippen LogP contribution in [0.5, 0.6) is 0 Å². The van der Waals surface area contributed by atoms with Crippen LogP contribution in [-0.4, -0.2) is 9.97 Å². The molecule has 0 aliphatic heterocycles. The Kier molecular flexibility index (Phi) is 2.01. The number of alkyl halides is 1. The Hall–Kier alpha value is -0.900. The zero-order chi connectivity index (χ0) is 7.56. The highest BCUT2D eigenvalue weighted by Crippen LogP contribution is 2.08. The van der Waals surface area contributed by atoms with E-state index >= 15 is 0 Å². The quantitative estimate of drug-likeness (QED) is 0.630. The van der Waals surface area contributed by atoms with Gasteiger partial charge in [0, 0.05) is 0 Å². The van der Waals surface area contributed by atoms with Crippen LogP contribution in [0.2, 0.25) is 5.15 Å². The molecule has 0 bridgehead atoms. The van der Waals surface area contributed by atoms with Gasteiger partial charge in [-0.15, -0.1) is 0 Å². The van der Waals surface area contributed by atoms with Crippen molar-refractivity contribution in [3.05, 3.63) is 16.9 Å². The second kappa shape index (κ2) is 2.79. The van der Waals surface area contributed by atoms with Crippen molar-refractivity contribution in [1.29, 1.82) is 0 Å². The van der Waals surface area contributed by atoms with Crippen LogP contribution in [0, 0.1) is 0 Å². The Morgan fingerprint density at radius 2 is 2.30 bits per heavy atom. The molecule has 0 aliphatic rings. The molecule has 1 aromatic rings. The molecule has 10 heavy (non-hydrogen) atoms. The number of hydrogen-bond acceptors (Lipinski definition) is 3. The van der Waals surface area contributed by atoms with Gasteiger partial charge in [-0.25, -0.2) is 14.4 Å². The van der Waals surface area contributed by atoms with E-state index in [1.165, 1.54) is 6.07 Å². The Morgan fingerprint density at radius 3 is 2.80 bits per heavy atom. The molecule has 0 atom stereocenters. The number of aromatic nitrogens is 2. The molecule has 1 heterocycles. The van der Waals surface area contributed by atoms with E-state index in [2.05, 4.69) is 9.97 Å². The van der Waals surface area contributed by atoms with Gasteiger partial charge in [0.1, 0.15) is 11.8 Å². The molecule has 0 saturated carbocycles. The van der Waals surface area contributed by atoms with Crippen LogP contribution >= 0.6 is 11.6 Å². The Bertz CT molecular complexity index is 220. The van der Waals surface area contributed by atoms with Crippen LogP contribution in [0.25, 0.3) is 0 Å². The molecule has 0 spiro atoms. The minimum Gasteiger partial charge on any atom is -0.368 e. The molecule has 54 valence electrons. The first kappa shape index (κ1) is 7.21. The maximum atomic E-state index is 11.9. The molecule has 0 amide bonds. The molecule has 0 aromatic carbocycles. The molecule has 0 fully saturated rings. The highest BCUT2D eigenvalue weighted by Gasteiger charge is 1.97. The van der Waals surface area contributed by atoms with E-state index in [0.717, 1.165) is 0 Å². The van der Waals surface area contributed by atoms with E-state index in [-0.39, 0.29) is 16.8 Å². The van der Waals surface area contributed by atoms with Crippen LogP contribution in [0.15, 0.2) is 6.07 Å². The molecule has 0 unspecified atom stereocenters. The summed E-state index contributed by atoms with van der Waals surface area (Å²) in [6.45, 7) is -0.674. The molecule has 0 aliphatic carbocycles. The lowest BCUT2D eigenvalue weighted by Crippen LogP contribution is -1.97. The van der Waals surface area contributed by atoms with Crippen molar-refractivity contribution in [3.8, 4) is 0 Å². The Balaban J connectivity index is 3.06. The van der Waals surface area contributed by atoms with Gasteiger partial charge in [0.15, 0.2) is 0 Å². The van der Waals surface area contributed by atoms with Crippen molar-refractivity contribution < 1.29 is 4.39 Å². The largest absolute Gasteiger partial charge is 0.368 e.